The Labute approximate surface area is 182 Å². The molecular formula is C21H22F3N3O5. The molecule has 0 radical (unpaired) electrons. The lowest BCUT2D eigenvalue weighted by Crippen LogP contribution is -2.35. The van der Waals surface area contributed by atoms with E-state index in [2.05, 4.69) is 20.4 Å². The van der Waals surface area contributed by atoms with Crippen molar-refractivity contribution >= 4 is 23.5 Å². The second-order valence-corrected chi connectivity index (χ2v) is 6.96. The van der Waals surface area contributed by atoms with Gasteiger partial charge >= 0.3 is 12.1 Å². The van der Waals surface area contributed by atoms with Crippen LogP contribution < -0.4 is 15.4 Å². The molecule has 2 aromatic rings. The lowest BCUT2D eigenvalue weighted by atomic mass is 10.1. The van der Waals surface area contributed by atoms with Gasteiger partial charge in [-0.15, -0.1) is 0 Å². The number of esters is 1. The van der Waals surface area contributed by atoms with Crippen LogP contribution in [0.4, 0.5) is 18.9 Å². The average molecular weight is 453 g/mol. The van der Waals surface area contributed by atoms with E-state index in [9.17, 15) is 27.6 Å². The van der Waals surface area contributed by atoms with Crippen molar-refractivity contribution in [3.63, 3.8) is 0 Å². The number of carbonyl (C=O) groups excluding carboxylic acids is 3. The fourth-order valence-electron chi connectivity index (χ4n) is 2.75. The average Bonchev–Trinajstić information content (AvgIpc) is 2.71. The van der Waals surface area contributed by atoms with Crippen LogP contribution in [-0.2, 0) is 14.3 Å². The summed E-state index contributed by atoms with van der Waals surface area (Å²) in [6.45, 7) is 3.17. The quantitative estimate of drug-likeness (QED) is 0.596. The van der Waals surface area contributed by atoms with E-state index in [0.717, 1.165) is 35.0 Å². The van der Waals surface area contributed by atoms with E-state index >= 15 is 0 Å². The first-order valence-electron chi connectivity index (χ1n) is 9.41. The molecule has 11 heteroatoms. The number of benzene rings is 1. The smallest absolute Gasteiger partial charge is 0.422 e. The summed E-state index contributed by atoms with van der Waals surface area (Å²) in [5, 5.41) is 5.05. The number of carbonyl (C=O) groups is 3. The van der Waals surface area contributed by atoms with Gasteiger partial charge in [0.05, 0.1) is 12.1 Å². The first-order chi connectivity index (χ1) is 14.9. The Morgan fingerprint density at radius 2 is 1.69 bits per heavy atom. The van der Waals surface area contributed by atoms with Crippen molar-refractivity contribution in [1.29, 1.82) is 0 Å². The van der Waals surface area contributed by atoms with E-state index < -0.39 is 37.2 Å². The maximum Gasteiger partial charge on any atom is 0.422 e. The van der Waals surface area contributed by atoms with Crippen LogP contribution in [0.5, 0.6) is 5.88 Å². The number of anilines is 1. The molecule has 1 heterocycles. The van der Waals surface area contributed by atoms with Crippen LogP contribution >= 0.6 is 0 Å². The minimum absolute atomic E-state index is 0.0831. The highest BCUT2D eigenvalue weighted by atomic mass is 19.4. The Hall–Kier alpha value is -3.63. The van der Waals surface area contributed by atoms with Gasteiger partial charge in [0.25, 0.3) is 5.91 Å². The van der Waals surface area contributed by atoms with Crippen molar-refractivity contribution in [1.82, 2.24) is 10.3 Å². The van der Waals surface area contributed by atoms with Crippen LogP contribution in [0.1, 0.15) is 27.0 Å². The minimum atomic E-state index is -4.51. The summed E-state index contributed by atoms with van der Waals surface area (Å²) in [7, 11) is 0. The fourth-order valence-corrected chi connectivity index (χ4v) is 2.75. The summed E-state index contributed by atoms with van der Waals surface area (Å²) in [6.07, 6.45) is -3.55. The van der Waals surface area contributed by atoms with Gasteiger partial charge in [-0.25, -0.2) is 9.78 Å². The predicted molar refractivity (Wildman–Crippen MR) is 108 cm³/mol. The number of nitrogens with zero attached hydrogens (tertiary/aromatic N) is 1. The van der Waals surface area contributed by atoms with Crippen molar-refractivity contribution in [2.45, 2.75) is 26.9 Å². The van der Waals surface area contributed by atoms with Gasteiger partial charge in [0.15, 0.2) is 13.2 Å². The third-order valence-electron chi connectivity index (χ3n) is 4.08. The second-order valence-electron chi connectivity index (χ2n) is 6.96. The lowest BCUT2D eigenvalue weighted by Gasteiger charge is -2.13. The molecule has 0 atom stereocenters. The summed E-state index contributed by atoms with van der Waals surface area (Å²) < 4.78 is 45.6. The summed E-state index contributed by atoms with van der Waals surface area (Å²) in [5.41, 5.74) is 3.42. The van der Waals surface area contributed by atoms with Crippen LogP contribution in [0.3, 0.4) is 0 Å². The standard InChI is InChI=1S/C21H22F3N3O5/c1-12-6-13(2)19(14(3)7-12)27-16(28)9-25-17(29)10-31-20(30)15-4-5-18(26-8-15)32-11-21(22,23)24/h4-8H,9-11H2,1-3H3,(H,25,29)(H,27,28). The molecule has 8 nitrogen and oxygen atoms in total. The number of halogens is 3. The molecule has 2 N–H and O–H groups in total. The molecule has 0 aliphatic rings. The van der Waals surface area contributed by atoms with Crippen LogP contribution in [0, 0.1) is 20.8 Å². The number of nitrogens with one attached hydrogen (secondary N) is 2. The number of alkyl halides is 3. The number of aryl methyl sites for hydroxylation is 3. The predicted octanol–water partition coefficient (Wildman–Crippen LogP) is 2.86. The van der Waals surface area contributed by atoms with Gasteiger partial charge in [-0.3, -0.25) is 9.59 Å². The number of pyridine rings is 1. The van der Waals surface area contributed by atoms with Crippen molar-refractivity contribution in [2.24, 2.45) is 0 Å². The van der Waals surface area contributed by atoms with Crippen LogP contribution in [0.15, 0.2) is 30.5 Å². The molecule has 0 saturated carbocycles. The second kappa shape index (κ2) is 10.6. The Morgan fingerprint density at radius 3 is 2.25 bits per heavy atom. The van der Waals surface area contributed by atoms with E-state index in [0.29, 0.717) is 5.69 Å². The number of hydrogen-bond acceptors (Lipinski definition) is 6. The molecule has 0 spiro atoms. The first kappa shape index (κ1) is 24.6. The van der Waals surface area contributed by atoms with E-state index in [4.69, 9.17) is 4.74 Å². The van der Waals surface area contributed by atoms with Gasteiger partial charge in [0.2, 0.25) is 11.8 Å². The molecule has 2 rings (SSSR count). The Kier molecular flexibility index (Phi) is 8.16. The molecule has 32 heavy (non-hydrogen) atoms. The SMILES string of the molecule is Cc1cc(C)c(NC(=O)CNC(=O)COC(=O)c2ccc(OCC(F)(F)F)nc2)c(C)c1. The summed E-state index contributed by atoms with van der Waals surface area (Å²) in [5.74, 6) is -2.38. The fraction of sp³-hybridized carbons (Fsp3) is 0.333. The monoisotopic (exact) mass is 453 g/mol. The van der Waals surface area contributed by atoms with Crippen LogP contribution in [-0.4, -0.2) is 48.7 Å². The number of ether oxygens (including phenoxy) is 2. The maximum absolute atomic E-state index is 12.1. The zero-order valence-corrected chi connectivity index (χ0v) is 17.6. The zero-order chi connectivity index (χ0) is 23.9. The topological polar surface area (TPSA) is 107 Å². The van der Waals surface area contributed by atoms with Crippen molar-refractivity contribution < 1.29 is 37.0 Å². The molecule has 0 aliphatic carbocycles. The number of amides is 2. The molecule has 1 aromatic carbocycles. The van der Waals surface area contributed by atoms with Gasteiger partial charge < -0.3 is 20.1 Å². The van der Waals surface area contributed by atoms with E-state index in [1.165, 1.54) is 0 Å². The summed E-state index contributed by atoms with van der Waals surface area (Å²) >= 11 is 0. The first-order valence-corrected chi connectivity index (χ1v) is 9.41. The molecular weight excluding hydrogens is 431 g/mol. The van der Waals surface area contributed by atoms with Gasteiger partial charge in [-0.1, -0.05) is 17.7 Å². The molecule has 2 amide bonds. The normalized spacial score (nSPS) is 10.9. The highest BCUT2D eigenvalue weighted by molar-refractivity contribution is 5.96. The Balaban J connectivity index is 1.77. The molecule has 172 valence electrons. The third kappa shape index (κ3) is 7.89. The van der Waals surface area contributed by atoms with Crippen LogP contribution in [0.25, 0.3) is 0 Å². The molecule has 0 aliphatic heterocycles. The Bertz CT molecular complexity index is 968. The molecule has 0 fully saturated rings. The third-order valence-corrected chi connectivity index (χ3v) is 4.08. The Morgan fingerprint density at radius 1 is 1.03 bits per heavy atom. The summed E-state index contributed by atoms with van der Waals surface area (Å²) in [4.78, 5) is 39.4. The number of rotatable bonds is 8. The molecule has 0 unspecified atom stereocenters. The van der Waals surface area contributed by atoms with Crippen molar-refractivity contribution in [2.75, 3.05) is 25.1 Å². The van der Waals surface area contributed by atoms with Crippen molar-refractivity contribution in [3.8, 4) is 5.88 Å². The molecule has 0 saturated heterocycles. The highest BCUT2D eigenvalue weighted by Gasteiger charge is 2.28. The molecule has 1 aromatic heterocycles. The number of aromatic nitrogens is 1. The van der Waals surface area contributed by atoms with E-state index in [-0.39, 0.29) is 18.0 Å². The molecule has 0 bridgehead atoms. The van der Waals surface area contributed by atoms with Crippen molar-refractivity contribution in [3.05, 3.63) is 52.7 Å². The number of hydrogen-bond donors (Lipinski definition) is 2. The summed E-state index contributed by atoms with van der Waals surface area (Å²) in [6, 6.07) is 6.06. The van der Waals surface area contributed by atoms with E-state index in [1.54, 1.807) is 0 Å². The van der Waals surface area contributed by atoms with Gasteiger partial charge in [0.1, 0.15) is 0 Å². The van der Waals surface area contributed by atoms with Gasteiger partial charge in [-0.05, 0) is 38.0 Å². The maximum atomic E-state index is 12.1. The highest BCUT2D eigenvalue weighted by Crippen LogP contribution is 2.21. The van der Waals surface area contributed by atoms with Gasteiger partial charge in [-0.2, -0.15) is 13.2 Å². The minimum Gasteiger partial charge on any atom is -0.468 e. The van der Waals surface area contributed by atoms with E-state index in [1.807, 2.05) is 32.9 Å². The zero-order valence-electron chi connectivity index (χ0n) is 17.6. The van der Waals surface area contributed by atoms with Crippen LogP contribution in [0.2, 0.25) is 0 Å². The van der Waals surface area contributed by atoms with Gasteiger partial charge in [0, 0.05) is 18.0 Å². The lowest BCUT2D eigenvalue weighted by molar-refractivity contribution is -0.154. The largest absolute Gasteiger partial charge is 0.468 e.